The van der Waals surface area contributed by atoms with E-state index in [4.69, 9.17) is 9.97 Å². The number of anilines is 1. The molecule has 0 aliphatic heterocycles. The highest BCUT2D eigenvalue weighted by molar-refractivity contribution is 5.64. The SMILES string of the molecule is CNc1nc(-c2ccc(C)cc2C)nc2c1CCC2. The molecular formula is C16H19N3. The van der Waals surface area contributed by atoms with Gasteiger partial charge in [-0.05, 0) is 38.7 Å². The molecule has 1 aliphatic rings. The van der Waals surface area contributed by atoms with E-state index in [1.54, 1.807) is 0 Å². The maximum absolute atomic E-state index is 4.77. The average molecular weight is 253 g/mol. The number of nitrogens with one attached hydrogen (secondary N) is 1. The van der Waals surface area contributed by atoms with Crippen LogP contribution < -0.4 is 5.32 Å². The molecule has 0 radical (unpaired) electrons. The quantitative estimate of drug-likeness (QED) is 0.892. The van der Waals surface area contributed by atoms with Crippen LogP contribution in [-0.4, -0.2) is 17.0 Å². The number of benzene rings is 1. The van der Waals surface area contributed by atoms with E-state index < -0.39 is 0 Å². The van der Waals surface area contributed by atoms with Gasteiger partial charge in [0, 0.05) is 23.9 Å². The second kappa shape index (κ2) is 4.65. The second-order valence-electron chi connectivity index (χ2n) is 5.24. The predicted octanol–water partition coefficient (Wildman–Crippen LogP) is 3.29. The van der Waals surface area contributed by atoms with Crippen molar-refractivity contribution in [3.8, 4) is 11.4 Å². The van der Waals surface area contributed by atoms with Crippen molar-refractivity contribution in [2.75, 3.05) is 12.4 Å². The molecule has 1 aromatic carbocycles. The molecule has 1 aromatic heterocycles. The van der Waals surface area contributed by atoms with Crippen LogP contribution in [0.4, 0.5) is 5.82 Å². The highest BCUT2D eigenvalue weighted by atomic mass is 15.0. The van der Waals surface area contributed by atoms with Gasteiger partial charge < -0.3 is 5.32 Å². The fourth-order valence-electron chi connectivity index (χ4n) is 2.82. The van der Waals surface area contributed by atoms with Crippen LogP contribution in [0.5, 0.6) is 0 Å². The van der Waals surface area contributed by atoms with Gasteiger partial charge in [0.2, 0.25) is 0 Å². The number of rotatable bonds is 2. The molecule has 0 fully saturated rings. The van der Waals surface area contributed by atoms with Gasteiger partial charge in [-0.2, -0.15) is 0 Å². The first kappa shape index (κ1) is 12.2. The summed E-state index contributed by atoms with van der Waals surface area (Å²) in [6.07, 6.45) is 3.36. The summed E-state index contributed by atoms with van der Waals surface area (Å²) in [5.41, 5.74) is 6.17. The lowest BCUT2D eigenvalue weighted by Crippen LogP contribution is -2.04. The Morgan fingerprint density at radius 2 is 1.95 bits per heavy atom. The molecular weight excluding hydrogens is 234 g/mol. The summed E-state index contributed by atoms with van der Waals surface area (Å²) in [4.78, 5) is 9.47. The summed E-state index contributed by atoms with van der Waals surface area (Å²) in [6.45, 7) is 4.23. The molecule has 0 atom stereocenters. The molecule has 1 heterocycles. The van der Waals surface area contributed by atoms with E-state index in [9.17, 15) is 0 Å². The first-order chi connectivity index (χ1) is 9.19. The first-order valence-electron chi connectivity index (χ1n) is 6.84. The highest BCUT2D eigenvalue weighted by Crippen LogP contribution is 2.30. The summed E-state index contributed by atoms with van der Waals surface area (Å²) in [5.74, 6) is 1.85. The Kier molecular flexibility index (Phi) is 2.97. The third kappa shape index (κ3) is 2.09. The Labute approximate surface area is 114 Å². The van der Waals surface area contributed by atoms with E-state index >= 15 is 0 Å². The maximum atomic E-state index is 4.77. The molecule has 0 saturated carbocycles. The standard InChI is InChI=1S/C16H19N3/c1-10-7-8-12(11(2)9-10)16-18-14-6-4-5-13(14)15(17-3)19-16/h7-9H,4-6H2,1-3H3,(H,17,18,19). The van der Waals surface area contributed by atoms with Crippen LogP contribution in [0.15, 0.2) is 18.2 Å². The van der Waals surface area contributed by atoms with Gasteiger partial charge in [-0.1, -0.05) is 23.8 Å². The van der Waals surface area contributed by atoms with E-state index in [2.05, 4.69) is 37.4 Å². The fourth-order valence-corrected chi connectivity index (χ4v) is 2.82. The molecule has 0 bridgehead atoms. The van der Waals surface area contributed by atoms with Gasteiger partial charge in [0.25, 0.3) is 0 Å². The van der Waals surface area contributed by atoms with E-state index in [1.165, 1.54) is 28.8 Å². The third-order valence-corrected chi connectivity index (χ3v) is 3.79. The van der Waals surface area contributed by atoms with Crippen molar-refractivity contribution >= 4 is 5.82 Å². The number of fused-ring (bicyclic) bond motifs is 1. The number of hydrogen-bond donors (Lipinski definition) is 1. The molecule has 2 aromatic rings. The van der Waals surface area contributed by atoms with E-state index in [0.29, 0.717) is 0 Å². The van der Waals surface area contributed by atoms with Gasteiger partial charge in [-0.15, -0.1) is 0 Å². The molecule has 0 saturated heterocycles. The Hall–Kier alpha value is -1.90. The molecule has 19 heavy (non-hydrogen) atoms. The summed E-state index contributed by atoms with van der Waals surface area (Å²) < 4.78 is 0. The monoisotopic (exact) mass is 253 g/mol. The molecule has 3 heteroatoms. The topological polar surface area (TPSA) is 37.8 Å². The lowest BCUT2D eigenvalue weighted by Gasteiger charge is -2.11. The van der Waals surface area contributed by atoms with Gasteiger partial charge in [-0.25, -0.2) is 9.97 Å². The molecule has 98 valence electrons. The van der Waals surface area contributed by atoms with Crippen LogP contribution in [0, 0.1) is 13.8 Å². The van der Waals surface area contributed by atoms with Gasteiger partial charge in [-0.3, -0.25) is 0 Å². The Morgan fingerprint density at radius 1 is 1.11 bits per heavy atom. The molecule has 1 N–H and O–H groups in total. The summed E-state index contributed by atoms with van der Waals surface area (Å²) in [7, 11) is 1.94. The van der Waals surface area contributed by atoms with Crippen molar-refractivity contribution in [2.24, 2.45) is 0 Å². The van der Waals surface area contributed by atoms with Crippen LogP contribution in [-0.2, 0) is 12.8 Å². The van der Waals surface area contributed by atoms with Crippen LogP contribution in [0.3, 0.4) is 0 Å². The van der Waals surface area contributed by atoms with Crippen LogP contribution >= 0.6 is 0 Å². The fraction of sp³-hybridized carbons (Fsp3) is 0.375. The van der Waals surface area contributed by atoms with Crippen molar-refractivity contribution in [3.05, 3.63) is 40.6 Å². The molecule has 3 nitrogen and oxygen atoms in total. The average Bonchev–Trinajstić information content (AvgIpc) is 2.85. The zero-order valence-corrected chi connectivity index (χ0v) is 11.7. The number of nitrogens with zero attached hydrogens (tertiary/aromatic N) is 2. The molecule has 0 amide bonds. The Morgan fingerprint density at radius 3 is 2.68 bits per heavy atom. The van der Waals surface area contributed by atoms with Gasteiger partial charge in [0.05, 0.1) is 0 Å². The van der Waals surface area contributed by atoms with Crippen molar-refractivity contribution in [1.29, 1.82) is 0 Å². The molecule has 3 rings (SSSR count). The second-order valence-corrected chi connectivity index (χ2v) is 5.24. The minimum Gasteiger partial charge on any atom is -0.373 e. The van der Waals surface area contributed by atoms with Crippen LogP contribution in [0.25, 0.3) is 11.4 Å². The van der Waals surface area contributed by atoms with Crippen molar-refractivity contribution in [2.45, 2.75) is 33.1 Å². The minimum atomic E-state index is 0.850. The van der Waals surface area contributed by atoms with Gasteiger partial charge in [0.1, 0.15) is 5.82 Å². The summed E-state index contributed by atoms with van der Waals surface area (Å²) >= 11 is 0. The van der Waals surface area contributed by atoms with Crippen molar-refractivity contribution < 1.29 is 0 Å². The summed E-state index contributed by atoms with van der Waals surface area (Å²) in [6, 6.07) is 6.43. The lowest BCUT2D eigenvalue weighted by atomic mass is 10.0. The normalized spacial score (nSPS) is 13.4. The van der Waals surface area contributed by atoms with Crippen LogP contribution in [0.2, 0.25) is 0 Å². The predicted molar refractivity (Wildman–Crippen MR) is 78.5 cm³/mol. The smallest absolute Gasteiger partial charge is 0.162 e. The molecule has 0 spiro atoms. The largest absolute Gasteiger partial charge is 0.373 e. The number of hydrogen-bond acceptors (Lipinski definition) is 3. The van der Waals surface area contributed by atoms with E-state index in [1.807, 2.05) is 7.05 Å². The molecule has 0 unspecified atom stereocenters. The van der Waals surface area contributed by atoms with Gasteiger partial charge in [0.15, 0.2) is 5.82 Å². The highest BCUT2D eigenvalue weighted by Gasteiger charge is 2.19. The van der Waals surface area contributed by atoms with Crippen LogP contribution in [0.1, 0.15) is 28.8 Å². The number of aromatic nitrogens is 2. The van der Waals surface area contributed by atoms with E-state index in [0.717, 1.165) is 30.0 Å². The third-order valence-electron chi connectivity index (χ3n) is 3.79. The Balaban J connectivity index is 2.15. The van der Waals surface area contributed by atoms with E-state index in [-0.39, 0.29) is 0 Å². The first-order valence-corrected chi connectivity index (χ1v) is 6.84. The molecule has 1 aliphatic carbocycles. The minimum absolute atomic E-state index is 0.850. The number of aryl methyl sites for hydroxylation is 3. The van der Waals surface area contributed by atoms with Crippen molar-refractivity contribution in [1.82, 2.24) is 9.97 Å². The maximum Gasteiger partial charge on any atom is 0.162 e. The van der Waals surface area contributed by atoms with Gasteiger partial charge >= 0.3 is 0 Å². The zero-order chi connectivity index (χ0) is 13.4. The zero-order valence-electron chi connectivity index (χ0n) is 11.7. The Bertz CT molecular complexity index is 632. The summed E-state index contributed by atoms with van der Waals surface area (Å²) in [5, 5.41) is 3.22. The van der Waals surface area contributed by atoms with Crippen molar-refractivity contribution in [3.63, 3.8) is 0 Å². The lowest BCUT2D eigenvalue weighted by molar-refractivity contribution is 0.900.